The van der Waals surface area contributed by atoms with Crippen LogP contribution in [-0.4, -0.2) is 29.9 Å². The summed E-state index contributed by atoms with van der Waals surface area (Å²) in [6, 6.07) is 8.89. The van der Waals surface area contributed by atoms with Crippen molar-refractivity contribution < 1.29 is 4.58 Å². The van der Waals surface area contributed by atoms with Gasteiger partial charge in [0.25, 0.3) is 0 Å². The Balaban J connectivity index is 1.86. The summed E-state index contributed by atoms with van der Waals surface area (Å²) in [6.45, 7) is 11.7. The van der Waals surface area contributed by atoms with Gasteiger partial charge in [0.2, 0.25) is 0 Å². The first kappa shape index (κ1) is 17.7. The summed E-state index contributed by atoms with van der Waals surface area (Å²) in [5.74, 6) is 0. The first-order valence-electron chi connectivity index (χ1n) is 10.0. The van der Waals surface area contributed by atoms with E-state index in [1.165, 1.54) is 38.9 Å². The van der Waals surface area contributed by atoms with E-state index in [1.807, 2.05) is 0 Å². The summed E-state index contributed by atoms with van der Waals surface area (Å²) in [4.78, 5) is 4.97. The molecule has 2 aliphatic rings. The van der Waals surface area contributed by atoms with Gasteiger partial charge in [0.1, 0.15) is 13.1 Å². The summed E-state index contributed by atoms with van der Waals surface area (Å²) in [5, 5.41) is 5.89. The summed E-state index contributed by atoms with van der Waals surface area (Å²) in [6.07, 6.45) is 7.79. The Morgan fingerprint density at radius 2 is 1.89 bits per heavy atom. The molecule has 2 aromatic rings. The first-order chi connectivity index (χ1) is 13.1. The van der Waals surface area contributed by atoms with Crippen molar-refractivity contribution >= 4 is 29.2 Å². The maximum Gasteiger partial charge on any atom is 0.200 e. The molecule has 0 saturated heterocycles. The number of nitrogens with zero attached hydrogens (tertiary/aromatic N) is 2. The summed E-state index contributed by atoms with van der Waals surface area (Å²) < 4.78 is 2.39. The van der Waals surface area contributed by atoms with Gasteiger partial charge >= 0.3 is 0 Å². The molecule has 0 fully saturated rings. The molecule has 4 rings (SSSR count). The fourth-order valence-corrected chi connectivity index (χ4v) is 4.13. The van der Waals surface area contributed by atoms with Gasteiger partial charge in [-0.1, -0.05) is 6.07 Å². The molecule has 0 radical (unpaired) electrons. The molecule has 1 aliphatic heterocycles. The number of fused-ring (bicyclic) bond motifs is 4. The van der Waals surface area contributed by atoms with Crippen LogP contribution in [0.4, 0.5) is 11.4 Å². The number of anilines is 1. The molecule has 2 aromatic carbocycles. The van der Waals surface area contributed by atoms with Gasteiger partial charge in [0, 0.05) is 30.8 Å². The van der Waals surface area contributed by atoms with Crippen LogP contribution < -0.4 is 15.9 Å². The molecule has 0 bridgehead atoms. The van der Waals surface area contributed by atoms with Gasteiger partial charge < -0.3 is 5.32 Å². The monoisotopic (exact) mass is 358 g/mol. The fourth-order valence-electron chi connectivity index (χ4n) is 4.13. The van der Waals surface area contributed by atoms with Crippen molar-refractivity contribution in [2.45, 2.75) is 34.1 Å². The lowest BCUT2D eigenvalue weighted by Gasteiger charge is -2.19. The summed E-state index contributed by atoms with van der Waals surface area (Å²) in [7, 11) is 0. The molecule has 1 N–H and O–H groups in total. The third kappa shape index (κ3) is 3.12. The molecule has 0 spiro atoms. The Kier molecular flexibility index (Phi) is 4.69. The van der Waals surface area contributed by atoms with Crippen molar-refractivity contribution in [2.75, 3.05) is 25.0 Å². The van der Waals surface area contributed by atoms with Crippen molar-refractivity contribution in [1.82, 2.24) is 0 Å². The molecular formula is C24H28N3+. The van der Waals surface area contributed by atoms with E-state index in [0.29, 0.717) is 0 Å². The van der Waals surface area contributed by atoms with Gasteiger partial charge in [-0.05, 0) is 79.4 Å². The number of nitrogens with one attached hydrogen (secondary N) is 1. The van der Waals surface area contributed by atoms with Crippen molar-refractivity contribution in [3.8, 4) is 0 Å². The molecule has 138 valence electrons. The first-order valence-corrected chi connectivity index (χ1v) is 10.0. The van der Waals surface area contributed by atoms with E-state index in [-0.39, 0.29) is 0 Å². The Bertz CT molecular complexity index is 1080. The highest BCUT2D eigenvalue weighted by molar-refractivity contribution is 6.17. The molecule has 0 unspecified atom stereocenters. The second kappa shape index (κ2) is 7.15. The normalized spacial score (nSPS) is 13.9. The molecular weight excluding hydrogens is 330 g/mol. The molecule has 1 aliphatic carbocycles. The molecule has 3 heteroatoms. The van der Waals surface area contributed by atoms with Crippen molar-refractivity contribution in [1.29, 1.82) is 0 Å². The lowest BCUT2D eigenvalue weighted by atomic mass is 9.91. The average molecular weight is 359 g/mol. The number of hydrogen-bond donors (Lipinski definition) is 1. The van der Waals surface area contributed by atoms with Crippen LogP contribution in [0.1, 0.15) is 43.0 Å². The Morgan fingerprint density at radius 3 is 2.63 bits per heavy atom. The van der Waals surface area contributed by atoms with Crippen molar-refractivity contribution in [2.24, 2.45) is 4.99 Å². The van der Waals surface area contributed by atoms with Gasteiger partial charge in [-0.3, -0.25) is 0 Å². The van der Waals surface area contributed by atoms with E-state index in [1.54, 1.807) is 0 Å². The van der Waals surface area contributed by atoms with Gasteiger partial charge in [-0.25, -0.2) is 9.57 Å². The zero-order valence-corrected chi connectivity index (χ0v) is 16.8. The van der Waals surface area contributed by atoms with Crippen molar-refractivity contribution in [3.63, 3.8) is 0 Å². The van der Waals surface area contributed by atoms with Crippen LogP contribution in [0.25, 0.3) is 12.2 Å². The minimum atomic E-state index is 0.935. The molecule has 0 amide bonds. The van der Waals surface area contributed by atoms with E-state index in [9.17, 15) is 0 Å². The maximum atomic E-state index is 4.97. The molecule has 3 nitrogen and oxygen atoms in total. The second-order valence-electron chi connectivity index (χ2n) is 7.26. The number of allylic oxidation sites excluding steroid dienone is 1. The minimum Gasteiger partial charge on any atom is -0.385 e. The zero-order valence-electron chi connectivity index (χ0n) is 16.8. The van der Waals surface area contributed by atoms with Crippen LogP contribution in [0.3, 0.4) is 0 Å². The van der Waals surface area contributed by atoms with E-state index in [0.717, 1.165) is 37.1 Å². The standard InChI is InChI=1S/C24H27N3/c1-5-25-23-15-18-14-21-20-10-9-19(27(6-2)7-3)13-17(20)8-11-22(21)26-24(18)12-16(23)4/h8-13,15H,5-7,14H2,1-4H3/p+1. The predicted octanol–water partition coefficient (Wildman–Crippen LogP) is 3.58. The van der Waals surface area contributed by atoms with Crippen LogP contribution in [0, 0.1) is 6.92 Å². The third-order valence-electron chi connectivity index (χ3n) is 5.62. The lowest BCUT2D eigenvalue weighted by Crippen LogP contribution is -2.27. The third-order valence-corrected chi connectivity index (χ3v) is 5.62. The Hall–Kier alpha value is -2.68. The molecule has 27 heavy (non-hydrogen) atoms. The topological polar surface area (TPSA) is 27.4 Å². The number of benzene rings is 2. The smallest absolute Gasteiger partial charge is 0.200 e. The van der Waals surface area contributed by atoms with Gasteiger partial charge in [0.05, 0.1) is 11.0 Å². The number of hydrogen-bond acceptors (Lipinski definition) is 2. The zero-order chi connectivity index (χ0) is 19.0. The van der Waals surface area contributed by atoms with Gasteiger partial charge in [-0.15, -0.1) is 0 Å². The SMILES string of the molecule is CCNc1cc2c(cc1C)N=c1ccc3c(c1C2)C=CC(=[N+](CC)CC)C=3. The van der Waals surface area contributed by atoms with E-state index in [2.05, 4.69) is 80.1 Å². The van der Waals surface area contributed by atoms with E-state index in [4.69, 9.17) is 4.99 Å². The highest BCUT2D eigenvalue weighted by atomic mass is 15.0. The van der Waals surface area contributed by atoms with E-state index < -0.39 is 0 Å². The predicted molar refractivity (Wildman–Crippen MR) is 115 cm³/mol. The average Bonchev–Trinajstić information content (AvgIpc) is 2.68. The second-order valence-corrected chi connectivity index (χ2v) is 7.26. The maximum absolute atomic E-state index is 4.97. The van der Waals surface area contributed by atoms with Crippen LogP contribution in [0.15, 0.2) is 35.3 Å². The molecule has 1 heterocycles. The van der Waals surface area contributed by atoms with Crippen LogP contribution in [0.2, 0.25) is 0 Å². The summed E-state index contributed by atoms with van der Waals surface area (Å²) in [5.41, 5.74) is 8.86. The number of aryl methyl sites for hydroxylation is 1. The Morgan fingerprint density at radius 1 is 1.07 bits per heavy atom. The van der Waals surface area contributed by atoms with Crippen LogP contribution >= 0.6 is 0 Å². The fraction of sp³-hybridized carbons (Fsp3) is 0.333. The molecule has 0 saturated carbocycles. The largest absolute Gasteiger partial charge is 0.385 e. The molecule has 0 aromatic heterocycles. The van der Waals surface area contributed by atoms with Gasteiger partial charge in [-0.2, -0.15) is 0 Å². The summed E-state index contributed by atoms with van der Waals surface area (Å²) >= 11 is 0. The van der Waals surface area contributed by atoms with Crippen LogP contribution in [-0.2, 0) is 6.42 Å². The highest BCUT2D eigenvalue weighted by Crippen LogP contribution is 2.31. The quantitative estimate of drug-likeness (QED) is 0.709. The van der Waals surface area contributed by atoms with Gasteiger partial charge in [0.15, 0.2) is 5.71 Å². The van der Waals surface area contributed by atoms with E-state index >= 15 is 0 Å². The lowest BCUT2D eigenvalue weighted by molar-refractivity contribution is -0.518. The Labute approximate surface area is 161 Å². The highest BCUT2D eigenvalue weighted by Gasteiger charge is 2.18. The minimum absolute atomic E-state index is 0.935. The molecule has 0 atom stereocenters. The number of rotatable bonds is 4. The van der Waals surface area contributed by atoms with Crippen molar-refractivity contribution in [3.05, 3.63) is 63.2 Å². The van der Waals surface area contributed by atoms with Crippen LogP contribution in [0.5, 0.6) is 0 Å².